The van der Waals surface area contributed by atoms with Crippen LogP contribution >= 0.6 is 11.6 Å². The molecule has 2 aliphatic rings. The molecule has 0 radical (unpaired) electrons. The Bertz CT molecular complexity index is 853. The lowest BCUT2D eigenvalue weighted by Gasteiger charge is -2.39. The number of halogens is 1. The molecule has 0 aromatic carbocycles. The number of fused-ring (bicyclic) bond motifs is 3. The van der Waals surface area contributed by atoms with E-state index < -0.39 is 5.60 Å². The van der Waals surface area contributed by atoms with Crippen LogP contribution in [-0.2, 0) is 4.74 Å². The first kappa shape index (κ1) is 18.3. The van der Waals surface area contributed by atoms with Crippen molar-refractivity contribution in [1.82, 2.24) is 14.9 Å². The van der Waals surface area contributed by atoms with Gasteiger partial charge < -0.3 is 15.0 Å². The van der Waals surface area contributed by atoms with Gasteiger partial charge >= 0.3 is 6.09 Å². The third-order valence-corrected chi connectivity index (χ3v) is 5.44. The van der Waals surface area contributed by atoms with Gasteiger partial charge in [-0.1, -0.05) is 11.6 Å². The SMILES string of the molecule is CC(C)(C)OC(=O)N1[C@@H]2CC[C@H]1C[C@H](Nc1nc(Cl)cc3ncccc13)C2. The van der Waals surface area contributed by atoms with Crippen LogP contribution in [0.5, 0.6) is 0 Å². The molecule has 0 saturated carbocycles. The second kappa shape index (κ2) is 6.82. The van der Waals surface area contributed by atoms with E-state index in [4.69, 9.17) is 16.3 Å². The summed E-state index contributed by atoms with van der Waals surface area (Å²) in [7, 11) is 0. The molecule has 7 heteroatoms. The van der Waals surface area contributed by atoms with Crippen molar-refractivity contribution < 1.29 is 9.53 Å². The second-order valence-electron chi connectivity index (χ2n) is 8.45. The zero-order chi connectivity index (χ0) is 19.2. The number of amides is 1. The van der Waals surface area contributed by atoms with Gasteiger partial charge in [-0.2, -0.15) is 0 Å². The maximum Gasteiger partial charge on any atom is 0.410 e. The minimum Gasteiger partial charge on any atom is -0.444 e. The predicted molar refractivity (Wildman–Crippen MR) is 106 cm³/mol. The van der Waals surface area contributed by atoms with E-state index in [-0.39, 0.29) is 24.2 Å². The van der Waals surface area contributed by atoms with Gasteiger partial charge in [0.05, 0.1) is 5.52 Å². The molecule has 2 aliphatic heterocycles. The van der Waals surface area contributed by atoms with E-state index in [1.165, 1.54) is 0 Å². The van der Waals surface area contributed by atoms with Crippen LogP contribution in [0.3, 0.4) is 0 Å². The standard InChI is InChI=1S/C20H25ClN4O2/c1-20(2,3)27-19(26)25-13-6-7-14(25)10-12(9-13)23-18-15-5-4-8-22-16(15)11-17(21)24-18/h4-5,8,11-14H,6-7,9-10H2,1-3H3,(H,23,24)/t12-,13-,14+. The second-order valence-corrected chi connectivity index (χ2v) is 8.84. The van der Waals surface area contributed by atoms with E-state index in [1.807, 2.05) is 37.8 Å². The van der Waals surface area contributed by atoms with Crippen LogP contribution in [0.15, 0.2) is 24.4 Å². The molecule has 3 atom stereocenters. The highest BCUT2D eigenvalue weighted by molar-refractivity contribution is 6.30. The number of carbonyl (C=O) groups excluding carboxylic acids is 1. The fourth-order valence-electron chi connectivity index (χ4n) is 4.26. The highest BCUT2D eigenvalue weighted by Crippen LogP contribution is 2.38. The van der Waals surface area contributed by atoms with Crippen LogP contribution in [0.1, 0.15) is 46.5 Å². The molecule has 0 aliphatic carbocycles. The Morgan fingerprint density at radius 2 is 2.00 bits per heavy atom. The molecule has 2 fully saturated rings. The van der Waals surface area contributed by atoms with Crippen molar-refractivity contribution in [1.29, 1.82) is 0 Å². The maximum atomic E-state index is 12.6. The van der Waals surface area contributed by atoms with Crippen molar-refractivity contribution in [2.75, 3.05) is 5.32 Å². The summed E-state index contributed by atoms with van der Waals surface area (Å²) in [5, 5.41) is 4.95. The number of pyridine rings is 2. The van der Waals surface area contributed by atoms with Crippen molar-refractivity contribution in [3.63, 3.8) is 0 Å². The minimum atomic E-state index is -0.470. The summed E-state index contributed by atoms with van der Waals surface area (Å²) in [6.07, 6.45) is 5.36. The Morgan fingerprint density at radius 3 is 2.67 bits per heavy atom. The van der Waals surface area contributed by atoms with E-state index >= 15 is 0 Å². The normalized spacial score (nSPS) is 24.9. The number of nitrogens with one attached hydrogen (secondary N) is 1. The number of carbonyl (C=O) groups is 1. The Balaban J connectivity index is 1.51. The summed E-state index contributed by atoms with van der Waals surface area (Å²) in [4.78, 5) is 23.4. The van der Waals surface area contributed by atoms with Crippen LogP contribution in [0, 0.1) is 0 Å². The van der Waals surface area contributed by atoms with E-state index in [0.29, 0.717) is 5.15 Å². The first-order valence-electron chi connectivity index (χ1n) is 9.49. The highest BCUT2D eigenvalue weighted by atomic mass is 35.5. The molecule has 144 valence electrons. The quantitative estimate of drug-likeness (QED) is 0.760. The Morgan fingerprint density at radius 1 is 1.30 bits per heavy atom. The van der Waals surface area contributed by atoms with Gasteiger partial charge in [-0.05, 0) is 58.6 Å². The predicted octanol–water partition coefficient (Wildman–Crippen LogP) is 4.63. The van der Waals surface area contributed by atoms with Gasteiger partial charge in [0.2, 0.25) is 0 Å². The topological polar surface area (TPSA) is 67.3 Å². The van der Waals surface area contributed by atoms with E-state index in [0.717, 1.165) is 42.4 Å². The van der Waals surface area contributed by atoms with Crippen LogP contribution in [0.4, 0.5) is 10.6 Å². The number of aromatic nitrogens is 2. The molecule has 2 bridgehead atoms. The highest BCUT2D eigenvalue weighted by Gasteiger charge is 2.45. The van der Waals surface area contributed by atoms with Gasteiger partial charge in [0, 0.05) is 35.8 Å². The molecule has 2 saturated heterocycles. The number of anilines is 1. The van der Waals surface area contributed by atoms with Gasteiger partial charge in [-0.25, -0.2) is 9.78 Å². The molecule has 6 nitrogen and oxygen atoms in total. The third kappa shape index (κ3) is 3.81. The Hall–Kier alpha value is -2.08. The first-order valence-corrected chi connectivity index (χ1v) is 9.87. The maximum absolute atomic E-state index is 12.6. The molecule has 2 aromatic heterocycles. The van der Waals surface area contributed by atoms with Crippen molar-refractivity contribution in [3.8, 4) is 0 Å². The molecule has 2 aromatic rings. The Labute approximate surface area is 164 Å². The van der Waals surface area contributed by atoms with E-state index in [1.54, 1.807) is 12.3 Å². The van der Waals surface area contributed by atoms with Gasteiger partial charge in [-0.15, -0.1) is 0 Å². The van der Waals surface area contributed by atoms with Crippen molar-refractivity contribution in [3.05, 3.63) is 29.5 Å². The molecule has 1 N–H and O–H groups in total. The van der Waals surface area contributed by atoms with Crippen molar-refractivity contribution >= 4 is 34.4 Å². The van der Waals surface area contributed by atoms with Gasteiger partial charge in [-0.3, -0.25) is 4.98 Å². The summed E-state index contributed by atoms with van der Waals surface area (Å²) in [6.45, 7) is 5.72. The van der Waals surface area contributed by atoms with Crippen LogP contribution < -0.4 is 5.32 Å². The zero-order valence-corrected chi connectivity index (χ0v) is 16.7. The average Bonchev–Trinajstić information content (AvgIpc) is 2.85. The van der Waals surface area contributed by atoms with Crippen molar-refractivity contribution in [2.24, 2.45) is 0 Å². The van der Waals surface area contributed by atoms with Gasteiger partial charge in [0.25, 0.3) is 0 Å². The molecule has 1 amide bonds. The summed E-state index contributed by atoms with van der Waals surface area (Å²) in [6, 6.07) is 6.34. The lowest BCUT2D eigenvalue weighted by Crippen LogP contribution is -2.51. The average molecular weight is 389 g/mol. The first-order chi connectivity index (χ1) is 12.8. The molecule has 0 spiro atoms. The zero-order valence-electron chi connectivity index (χ0n) is 15.9. The van der Waals surface area contributed by atoms with Crippen LogP contribution in [-0.4, -0.2) is 44.7 Å². The summed E-state index contributed by atoms with van der Waals surface area (Å²) >= 11 is 6.18. The van der Waals surface area contributed by atoms with Crippen LogP contribution in [0.2, 0.25) is 5.15 Å². The number of rotatable bonds is 2. The van der Waals surface area contributed by atoms with Crippen LogP contribution in [0.25, 0.3) is 10.9 Å². The number of hydrogen-bond acceptors (Lipinski definition) is 5. The molecular formula is C20H25ClN4O2. The lowest BCUT2D eigenvalue weighted by atomic mass is 9.97. The molecule has 4 rings (SSSR count). The minimum absolute atomic E-state index is 0.191. The van der Waals surface area contributed by atoms with E-state index in [9.17, 15) is 4.79 Å². The molecule has 4 heterocycles. The molecule has 27 heavy (non-hydrogen) atoms. The number of hydrogen-bond donors (Lipinski definition) is 1. The van der Waals surface area contributed by atoms with Gasteiger partial charge in [0.1, 0.15) is 16.6 Å². The van der Waals surface area contributed by atoms with Gasteiger partial charge in [0.15, 0.2) is 0 Å². The smallest absolute Gasteiger partial charge is 0.410 e. The molecule has 0 unspecified atom stereocenters. The fraction of sp³-hybridized carbons (Fsp3) is 0.550. The number of nitrogens with zero attached hydrogens (tertiary/aromatic N) is 3. The number of ether oxygens (including phenoxy) is 1. The summed E-state index contributed by atoms with van der Waals surface area (Å²) < 4.78 is 5.61. The largest absolute Gasteiger partial charge is 0.444 e. The van der Waals surface area contributed by atoms with Crippen molar-refractivity contribution in [2.45, 2.75) is 70.2 Å². The third-order valence-electron chi connectivity index (χ3n) is 5.25. The lowest BCUT2D eigenvalue weighted by molar-refractivity contribution is 0.00683. The fourth-order valence-corrected chi connectivity index (χ4v) is 4.44. The summed E-state index contributed by atoms with van der Waals surface area (Å²) in [5.41, 5.74) is 0.358. The Kier molecular flexibility index (Phi) is 4.62. The molecular weight excluding hydrogens is 364 g/mol. The monoisotopic (exact) mass is 388 g/mol. The van der Waals surface area contributed by atoms with E-state index in [2.05, 4.69) is 15.3 Å². The summed E-state index contributed by atoms with van der Waals surface area (Å²) in [5.74, 6) is 0.765. The number of piperidine rings is 1.